The van der Waals surface area contributed by atoms with E-state index < -0.39 is 10.0 Å². The van der Waals surface area contributed by atoms with Crippen molar-refractivity contribution in [1.29, 1.82) is 0 Å². The maximum absolute atomic E-state index is 13.1. The Morgan fingerprint density at radius 3 is 2.32 bits per heavy atom. The van der Waals surface area contributed by atoms with Gasteiger partial charge in [-0.3, -0.25) is 4.72 Å². The summed E-state index contributed by atoms with van der Waals surface area (Å²) in [6.45, 7) is 6.94. The number of anilines is 1. The minimum absolute atomic E-state index is 0. The molecule has 0 amide bonds. The third kappa shape index (κ3) is 6.72. The Kier molecular flexibility index (Phi) is 9.08. The van der Waals surface area contributed by atoms with Gasteiger partial charge in [-0.15, -0.1) is 0 Å². The molecule has 9 nitrogen and oxygen atoms in total. The van der Waals surface area contributed by atoms with E-state index in [-0.39, 0.29) is 46.8 Å². The lowest BCUT2D eigenvalue weighted by Gasteiger charge is -2.19. The fraction of sp³-hybridized carbons (Fsp3) is 0.304. The summed E-state index contributed by atoms with van der Waals surface area (Å²) in [7, 11) is -2.41. The number of sulfonamides is 1. The zero-order valence-corrected chi connectivity index (χ0v) is 21.1. The minimum Gasteiger partial charge on any atom is -1.00 e. The van der Waals surface area contributed by atoms with Crippen molar-refractivity contribution in [3.8, 4) is 23.1 Å². The number of hydrogen-bond acceptors (Lipinski definition) is 7. The highest BCUT2D eigenvalue weighted by molar-refractivity contribution is 7.92. The average Bonchev–Trinajstić information content (AvgIpc) is 2.78. The zero-order valence-electron chi connectivity index (χ0n) is 19.5. The van der Waals surface area contributed by atoms with E-state index in [1.54, 1.807) is 48.5 Å². The molecule has 1 aromatic heterocycles. The number of aromatic nitrogens is 2. The molecule has 2 aromatic carbocycles. The van der Waals surface area contributed by atoms with Crippen molar-refractivity contribution in [2.24, 2.45) is 0 Å². The summed E-state index contributed by atoms with van der Waals surface area (Å²) in [6.07, 6.45) is 1.21. The summed E-state index contributed by atoms with van der Waals surface area (Å²) >= 11 is 0. The Morgan fingerprint density at radius 2 is 1.71 bits per heavy atom. The second-order valence-electron chi connectivity index (χ2n) is 8.22. The Labute approximate surface area is 206 Å². The van der Waals surface area contributed by atoms with E-state index in [1.165, 1.54) is 13.4 Å². The number of nitrogens with one attached hydrogen (secondary N) is 1. The predicted octanol–water partition coefficient (Wildman–Crippen LogP) is 0.000500. The van der Waals surface area contributed by atoms with Crippen LogP contribution in [-0.4, -0.2) is 38.6 Å². The average molecular weight is 509 g/mol. The summed E-state index contributed by atoms with van der Waals surface area (Å²) in [5, 5.41) is 0. The van der Waals surface area contributed by atoms with Crippen LogP contribution in [0.5, 0.6) is 23.1 Å². The standard InChI is InChI=1S/C23H28N4O5S.ClH/c1-23(2,3)16-8-10-19(11-9-16)33(28,29)27-21-20(22(26-15-25-21)31-13-12-24)32-18-7-5-6-17(14-18)30-4;/h5-11,14-15H,12-13,24H2,1-4H3,(H,25,26,27);1H. The van der Waals surface area contributed by atoms with Gasteiger partial charge in [0.05, 0.1) is 12.0 Å². The Bertz CT molecular complexity index is 1200. The van der Waals surface area contributed by atoms with Crippen LogP contribution >= 0.6 is 0 Å². The van der Waals surface area contributed by atoms with Crippen LogP contribution in [0.3, 0.4) is 0 Å². The van der Waals surface area contributed by atoms with Gasteiger partial charge in [-0.05, 0) is 35.2 Å². The van der Waals surface area contributed by atoms with Crippen molar-refractivity contribution >= 4 is 15.8 Å². The third-order valence-corrected chi connectivity index (χ3v) is 6.03. The first-order valence-electron chi connectivity index (χ1n) is 10.4. The van der Waals surface area contributed by atoms with Crippen LogP contribution in [0.1, 0.15) is 26.3 Å². The van der Waals surface area contributed by atoms with E-state index in [2.05, 4.69) is 41.2 Å². The summed E-state index contributed by atoms with van der Waals surface area (Å²) in [6, 6.07) is 13.6. The van der Waals surface area contributed by atoms with Crippen LogP contribution < -0.4 is 37.1 Å². The molecule has 0 bridgehead atoms. The molecule has 0 spiro atoms. The molecule has 0 aliphatic rings. The van der Waals surface area contributed by atoms with Crippen LogP contribution in [-0.2, 0) is 15.4 Å². The van der Waals surface area contributed by atoms with E-state index in [0.29, 0.717) is 18.0 Å². The minimum atomic E-state index is -3.95. The van der Waals surface area contributed by atoms with Crippen molar-refractivity contribution in [1.82, 2.24) is 9.97 Å². The first-order chi connectivity index (χ1) is 15.6. The van der Waals surface area contributed by atoms with E-state index in [1.807, 2.05) is 0 Å². The van der Waals surface area contributed by atoms with Gasteiger partial charge in [0, 0.05) is 6.07 Å². The van der Waals surface area contributed by atoms with Gasteiger partial charge in [-0.1, -0.05) is 39.0 Å². The molecule has 0 aliphatic carbocycles. The number of methoxy groups -OCH3 is 1. The molecule has 184 valence electrons. The monoisotopic (exact) mass is 508 g/mol. The predicted molar refractivity (Wildman–Crippen MR) is 124 cm³/mol. The molecule has 0 atom stereocenters. The van der Waals surface area contributed by atoms with E-state index in [4.69, 9.17) is 14.2 Å². The van der Waals surface area contributed by atoms with Crippen LogP contribution in [0.2, 0.25) is 0 Å². The molecule has 0 saturated heterocycles. The lowest BCUT2D eigenvalue weighted by Crippen LogP contribution is -3.00. The van der Waals surface area contributed by atoms with Crippen LogP contribution in [0, 0.1) is 0 Å². The van der Waals surface area contributed by atoms with E-state index in [9.17, 15) is 8.42 Å². The molecule has 0 unspecified atom stereocenters. The molecule has 11 heteroatoms. The number of nitrogens with zero attached hydrogens (tertiary/aromatic N) is 2. The van der Waals surface area contributed by atoms with E-state index >= 15 is 0 Å². The maximum Gasteiger partial charge on any atom is 0.263 e. The van der Waals surface area contributed by atoms with Crippen molar-refractivity contribution in [3.63, 3.8) is 0 Å². The van der Waals surface area contributed by atoms with Gasteiger partial charge < -0.3 is 32.4 Å². The first-order valence-corrected chi connectivity index (χ1v) is 11.8. The highest BCUT2D eigenvalue weighted by atomic mass is 35.5. The van der Waals surface area contributed by atoms with Crippen molar-refractivity contribution in [2.45, 2.75) is 31.1 Å². The van der Waals surface area contributed by atoms with Gasteiger partial charge in [0.15, 0.2) is 5.82 Å². The number of rotatable bonds is 9. The number of quaternary nitrogens is 1. The normalized spacial score (nSPS) is 11.3. The lowest BCUT2D eigenvalue weighted by atomic mass is 9.87. The number of ether oxygens (including phenoxy) is 3. The first kappa shape index (κ1) is 27.2. The van der Waals surface area contributed by atoms with Gasteiger partial charge in [0.25, 0.3) is 15.9 Å². The highest BCUT2D eigenvalue weighted by Gasteiger charge is 2.23. The summed E-state index contributed by atoms with van der Waals surface area (Å²) < 4.78 is 45.5. The molecule has 1 heterocycles. The van der Waals surface area contributed by atoms with Crippen molar-refractivity contribution in [2.75, 3.05) is 25.0 Å². The Hall–Kier alpha value is -3.08. The molecule has 0 aliphatic heterocycles. The topological polar surface area (TPSA) is 127 Å². The van der Waals surface area contributed by atoms with Gasteiger partial charge in [0.2, 0.25) is 5.75 Å². The van der Waals surface area contributed by atoms with Crippen LogP contribution in [0.4, 0.5) is 5.82 Å². The summed E-state index contributed by atoms with van der Waals surface area (Å²) in [5.74, 6) is 1.06. The number of hydrogen-bond donors (Lipinski definition) is 2. The SMILES string of the molecule is COc1cccc(Oc2c(NS(=O)(=O)c3ccc(C(C)(C)C)cc3)ncnc2OCC[NH3+])c1.[Cl-]. The van der Waals surface area contributed by atoms with Crippen molar-refractivity contribution in [3.05, 3.63) is 60.4 Å². The van der Waals surface area contributed by atoms with Crippen LogP contribution in [0.25, 0.3) is 0 Å². The lowest BCUT2D eigenvalue weighted by molar-refractivity contribution is -0.371. The Balaban J connectivity index is 0.00000408. The third-order valence-electron chi connectivity index (χ3n) is 4.68. The molecule has 4 N–H and O–H groups in total. The van der Waals surface area contributed by atoms with Crippen molar-refractivity contribution < 1.29 is 40.8 Å². The van der Waals surface area contributed by atoms with E-state index in [0.717, 1.165) is 5.56 Å². The fourth-order valence-electron chi connectivity index (χ4n) is 2.90. The van der Waals surface area contributed by atoms with Gasteiger partial charge in [-0.25, -0.2) is 13.4 Å². The maximum atomic E-state index is 13.1. The smallest absolute Gasteiger partial charge is 0.263 e. The second kappa shape index (κ2) is 11.4. The quantitative estimate of drug-likeness (QED) is 0.416. The molecule has 0 radical (unpaired) electrons. The van der Waals surface area contributed by atoms with Crippen LogP contribution in [0.15, 0.2) is 59.8 Å². The summed E-state index contributed by atoms with van der Waals surface area (Å²) in [5.41, 5.74) is 4.67. The second-order valence-corrected chi connectivity index (χ2v) is 9.90. The fourth-order valence-corrected chi connectivity index (χ4v) is 3.91. The Morgan fingerprint density at radius 1 is 1.03 bits per heavy atom. The molecule has 34 heavy (non-hydrogen) atoms. The molecule has 3 aromatic rings. The molecular weight excluding hydrogens is 480 g/mol. The number of benzene rings is 2. The zero-order chi connectivity index (χ0) is 24.1. The van der Waals surface area contributed by atoms with Gasteiger partial charge >= 0.3 is 0 Å². The largest absolute Gasteiger partial charge is 1.00 e. The highest BCUT2D eigenvalue weighted by Crippen LogP contribution is 2.37. The molecule has 3 rings (SSSR count). The molecule has 0 fully saturated rings. The van der Waals surface area contributed by atoms with Gasteiger partial charge in [-0.2, -0.15) is 4.98 Å². The molecule has 0 saturated carbocycles. The number of halogens is 1. The molecular formula is C23H29ClN4O5S. The summed E-state index contributed by atoms with van der Waals surface area (Å²) in [4.78, 5) is 8.30. The van der Waals surface area contributed by atoms with Gasteiger partial charge in [0.1, 0.15) is 31.0 Å².